The summed E-state index contributed by atoms with van der Waals surface area (Å²) in [5.41, 5.74) is 0.0504. The average Bonchev–Trinajstić information content (AvgIpc) is 2.39. The fraction of sp³-hybridized carbons (Fsp3) is 0. The first-order valence-corrected chi connectivity index (χ1v) is 8.74. The van der Waals surface area contributed by atoms with Crippen molar-refractivity contribution in [3.63, 3.8) is 0 Å². The summed E-state index contributed by atoms with van der Waals surface area (Å²) in [5.74, 6) is -0.696. The van der Waals surface area contributed by atoms with Crippen molar-refractivity contribution in [2.24, 2.45) is 0 Å². The van der Waals surface area contributed by atoms with Gasteiger partial charge in [-0.1, -0.05) is 34.8 Å². The van der Waals surface area contributed by atoms with Crippen LogP contribution in [0.25, 0.3) is 0 Å². The van der Waals surface area contributed by atoms with E-state index >= 15 is 0 Å². The summed E-state index contributed by atoms with van der Waals surface area (Å²) in [5, 5.41) is 0.408. The van der Waals surface area contributed by atoms with E-state index in [0.29, 0.717) is 0 Å². The molecule has 9 heteroatoms. The van der Waals surface area contributed by atoms with Crippen LogP contribution in [0.2, 0.25) is 15.1 Å². The van der Waals surface area contributed by atoms with Crippen LogP contribution in [0.15, 0.2) is 39.7 Å². The van der Waals surface area contributed by atoms with E-state index in [1.54, 1.807) is 0 Å². The fourth-order valence-electron chi connectivity index (χ4n) is 1.45. The van der Waals surface area contributed by atoms with E-state index in [0.717, 1.165) is 6.07 Å². The van der Waals surface area contributed by atoms with Crippen molar-refractivity contribution in [3.8, 4) is 0 Å². The summed E-state index contributed by atoms with van der Waals surface area (Å²) in [6, 6.07) is 6.02. The minimum atomic E-state index is -4.00. The van der Waals surface area contributed by atoms with Crippen LogP contribution in [-0.4, -0.2) is 8.42 Å². The molecule has 0 bridgehead atoms. The summed E-state index contributed by atoms with van der Waals surface area (Å²) >= 11 is 20.4. The summed E-state index contributed by atoms with van der Waals surface area (Å²) in [7, 11) is -4.00. The van der Waals surface area contributed by atoms with Crippen LogP contribution < -0.4 is 4.72 Å². The van der Waals surface area contributed by atoms with Crippen molar-refractivity contribution >= 4 is 66.4 Å². The third-order valence-electron chi connectivity index (χ3n) is 2.46. The van der Waals surface area contributed by atoms with Gasteiger partial charge in [0.05, 0.1) is 30.1 Å². The van der Waals surface area contributed by atoms with Gasteiger partial charge in [-0.3, -0.25) is 4.72 Å². The normalized spacial score (nSPS) is 11.5. The molecule has 2 aromatic rings. The molecular weight excluding hydrogens is 427 g/mol. The molecule has 0 atom stereocenters. The zero-order chi connectivity index (χ0) is 15.8. The zero-order valence-electron chi connectivity index (χ0n) is 10.0. The number of hydrogen-bond donors (Lipinski definition) is 1. The van der Waals surface area contributed by atoms with Gasteiger partial charge in [0.2, 0.25) is 0 Å². The van der Waals surface area contributed by atoms with Gasteiger partial charge in [-0.25, -0.2) is 12.8 Å². The predicted molar refractivity (Wildman–Crippen MR) is 86.4 cm³/mol. The van der Waals surface area contributed by atoms with Gasteiger partial charge in [0.25, 0.3) is 10.0 Å². The molecule has 0 aliphatic heterocycles. The molecule has 0 amide bonds. The summed E-state index contributed by atoms with van der Waals surface area (Å²) < 4.78 is 40.2. The third kappa shape index (κ3) is 3.81. The highest BCUT2D eigenvalue weighted by atomic mass is 79.9. The van der Waals surface area contributed by atoms with Crippen molar-refractivity contribution < 1.29 is 12.8 Å². The molecule has 0 aromatic heterocycles. The topological polar surface area (TPSA) is 46.2 Å². The molecule has 0 aliphatic carbocycles. The molecule has 0 unspecified atom stereocenters. The van der Waals surface area contributed by atoms with E-state index in [9.17, 15) is 12.8 Å². The Hall–Kier alpha value is -0.530. The van der Waals surface area contributed by atoms with Crippen LogP contribution in [0, 0.1) is 5.82 Å². The maximum absolute atomic E-state index is 13.4. The molecule has 0 heterocycles. The first-order chi connectivity index (χ1) is 9.70. The lowest BCUT2D eigenvalue weighted by molar-refractivity contribution is 0.593. The fourth-order valence-corrected chi connectivity index (χ4v) is 3.43. The van der Waals surface area contributed by atoms with Gasteiger partial charge in [0, 0.05) is 0 Å². The van der Waals surface area contributed by atoms with Gasteiger partial charge in [-0.05, 0) is 46.3 Å². The van der Waals surface area contributed by atoms with Gasteiger partial charge in [0.1, 0.15) is 5.82 Å². The van der Waals surface area contributed by atoms with Crippen LogP contribution in [0.5, 0.6) is 0 Å². The Morgan fingerprint density at radius 1 is 1.00 bits per heavy atom. The molecule has 2 rings (SSSR count). The van der Waals surface area contributed by atoms with Gasteiger partial charge in [-0.15, -0.1) is 0 Å². The van der Waals surface area contributed by atoms with Crippen LogP contribution in [0.3, 0.4) is 0 Å². The molecule has 0 spiro atoms. The number of rotatable bonds is 3. The van der Waals surface area contributed by atoms with Crippen LogP contribution in [0.4, 0.5) is 10.1 Å². The Morgan fingerprint density at radius 3 is 2.24 bits per heavy atom. The number of nitrogens with one attached hydrogen (secondary N) is 1. The molecule has 3 nitrogen and oxygen atoms in total. The Bertz CT molecular complexity index is 814. The Labute approximate surface area is 144 Å². The molecule has 0 fully saturated rings. The number of sulfonamides is 1. The van der Waals surface area contributed by atoms with E-state index in [2.05, 4.69) is 20.7 Å². The molecule has 0 saturated heterocycles. The van der Waals surface area contributed by atoms with Crippen molar-refractivity contribution in [1.82, 2.24) is 0 Å². The second-order valence-corrected chi connectivity index (χ2v) is 7.69. The number of halogens is 5. The van der Waals surface area contributed by atoms with Crippen molar-refractivity contribution in [1.29, 1.82) is 0 Å². The monoisotopic (exact) mass is 431 g/mol. The molecular formula is C12H6BrCl3FNO2S. The van der Waals surface area contributed by atoms with Gasteiger partial charge in [0.15, 0.2) is 0 Å². The lowest BCUT2D eigenvalue weighted by Crippen LogP contribution is -2.13. The average molecular weight is 434 g/mol. The van der Waals surface area contributed by atoms with E-state index in [1.807, 2.05) is 0 Å². The minimum Gasteiger partial charge on any atom is -0.278 e. The molecule has 0 aliphatic rings. The molecule has 2 aromatic carbocycles. The standard InChI is InChI=1S/C12H6BrCl3FNO2S/c13-7-2-1-6(3-11(7)17)21(19,20)18-12-5-9(15)8(14)4-10(12)16/h1-5,18H. The second kappa shape index (κ2) is 6.30. The minimum absolute atomic E-state index is 0.0504. The number of benzene rings is 2. The third-order valence-corrected chi connectivity index (χ3v) is 5.50. The molecule has 112 valence electrons. The van der Waals surface area contributed by atoms with Gasteiger partial charge < -0.3 is 0 Å². The molecule has 21 heavy (non-hydrogen) atoms. The van der Waals surface area contributed by atoms with Crippen LogP contribution in [-0.2, 0) is 10.0 Å². The Morgan fingerprint density at radius 2 is 1.62 bits per heavy atom. The SMILES string of the molecule is O=S(=O)(Nc1cc(Cl)c(Cl)cc1Cl)c1ccc(Br)c(F)c1. The largest absolute Gasteiger partial charge is 0.278 e. The highest BCUT2D eigenvalue weighted by Gasteiger charge is 2.18. The van der Waals surface area contributed by atoms with Gasteiger partial charge in [-0.2, -0.15) is 0 Å². The zero-order valence-corrected chi connectivity index (χ0v) is 14.7. The highest BCUT2D eigenvalue weighted by molar-refractivity contribution is 9.10. The van der Waals surface area contributed by atoms with E-state index < -0.39 is 15.8 Å². The summed E-state index contributed by atoms with van der Waals surface area (Å²) in [6.07, 6.45) is 0. The molecule has 1 N–H and O–H groups in total. The molecule has 0 saturated carbocycles. The van der Waals surface area contributed by atoms with Crippen LogP contribution in [0.1, 0.15) is 0 Å². The van der Waals surface area contributed by atoms with Crippen molar-refractivity contribution in [2.75, 3.05) is 4.72 Å². The molecule has 0 radical (unpaired) electrons. The first kappa shape index (κ1) is 16.8. The maximum atomic E-state index is 13.4. The maximum Gasteiger partial charge on any atom is 0.262 e. The smallest absolute Gasteiger partial charge is 0.262 e. The van der Waals surface area contributed by atoms with Crippen molar-refractivity contribution in [3.05, 3.63) is 55.7 Å². The summed E-state index contributed by atoms with van der Waals surface area (Å²) in [6.45, 7) is 0. The Kier molecular flexibility index (Phi) is 5.05. The number of anilines is 1. The van der Waals surface area contributed by atoms with Crippen LogP contribution >= 0.6 is 50.7 Å². The Balaban J connectivity index is 2.42. The quantitative estimate of drug-likeness (QED) is 0.664. The van der Waals surface area contributed by atoms with E-state index in [1.165, 1.54) is 24.3 Å². The van der Waals surface area contributed by atoms with Crippen molar-refractivity contribution in [2.45, 2.75) is 4.90 Å². The first-order valence-electron chi connectivity index (χ1n) is 5.33. The lowest BCUT2D eigenvalue weighted by atomic mass is 10.3. The lowest BCUT2D eigenvalue weighted by Gasteiger charge is -2.11. The number of hydrogen-bond acceptors (Lipinski definition) is 2. The van der Waals surface area contributed by atoms with Gasteiger partial charge >= 0.3 is 0 Å². The van der Waals surface area contributed by atoms with E-state index in [-0.39, 0.29) is 30.1 Å². The second-order valence-electron chi connectivity index (χ2n) is 3.93. The van der Waals surface area contributed by atoms with E-state index in [4.69, 9.17) is 34.8 Å². The summed E-state index contributed by atoms with van der Waals surface area (Å²) in [4.78, 5) is -0.245. The predicted octanol–water partition coefficient (Wildman–Crippen LogP) is 5.35. The highest BCUT2D eigenvalue weighted by Crippen LogP contribution is 2.33.